The van der Waals surface area contributed by atoms with Crippen molar-refractivity contribution in [3.05, 3.63) is 35.9 Å². The van der Waals surface area contributed by atoms with Gasteiger partial charge in [0.15, 0.2) is 5.54 Å². The standard InChI is InChI=1S/C11H11NO2S/c1-11(10(13)14,12-8-15)7-9-5-3-2-4-6-9/h2-6H,7H2,1H3,(H,13,14). The average molecular weight is 221 g/mol. The highest BCUT2D eigenvalue weighted by atomic mass is 32.1. The molecule has 0 aliphatic heterocycles. The van der Waals surface area contributed by atoms with Crippen LogP contribution in [0.3, 0.4) is 0 Å². The van der Waals surface area contributed by atoms with E-state index in [1.54, 1.807) is 0 Å². The third-order valence-electron chi connectivity index (χ3n) is 2.14. The number of thiocarbonyl (C=S) groups is 1. The first kappa shape index (κ1) is 11.6. The maximum Gasteiger partial charge on any atom is 0.332 e. The summed E-state index contributed by atoms with van der Waals surface area (Å²) in [4.78, 5) is 14.8. The predicted molar refractivity (Wildman–Crippen MR) is 61.2 cm³/mol. The van der Waals surface area contributed by atoms with Gasteiger partial charge in [0, 0.05) is 6.42 Å². The fraction of sp³-hybridized carbons (Fsp3) is 0.273. The van der Waals surface area contributed by atoms with Crippen molar-refractivity contribution in [3.8, 4) is 0 Å². The minimum Gasteiger partial charge on any atom is -0.479 e. The summed E-state index contributed by atoms with van der Waals surface area (Å²) in [5, 5.41) is 11.2. The number of hydrogen-bond acceptors (Lipinski definition) is 3. The Labute approximate surface area is 93.5 Å². The predicted octanol–water partition coefficient (Wildman–Crippen LogP) is 2.18. The molecule has 0 radical (unpaired) electrons. The highest BCUT2D eigenvalue weighted by Gasteiger charge is 2.32. The second-order valence-corrected chi connectivity index (χ2v) is 3.63. The second-order valence-electron chi connectivity index (χ2n) is 3.44. The fourth-order valence-electron chi connectivity index (χ4n) is 1.26. The summed E-state index contributed by atoms with van der Waals surface area (Å²) in [5.74, 6) is -0.997. The minimum absolute atomic E-state index is 0.312. The summed E-state index contributed by atoms with van der Waals surface area (Å²) in [6, 6.07) is 9.32. The summed E-state index contributed by atoms with van der Waals surface area (Å²) in [5.41, 5.74) is -0.306. The molecular formula is C11H11NO2S. The van der Waals surface area contributed by atoms with Crippen LogP contribution in [0.25, 0.3) is 0 Å². The van der Waals surface area contributed by atoms with E-state index in [4.69, 9.17) is 5.11 Å². The van der Waals surface area contributed by atoms with Crippen molar-refractivity contribution in [2.45, 2.75) is 18.9 Å². The molecule has 0 heterocycles. The number of aliphatic imine (C=N–C) groups is 1. The van der Waals surface area contributed by atoms with Crippen molar-refractivity contribution < 1.29 is 9.90 Å². The average Bonchev–Trinajstić information content (AvgIpc) is 2.19. The van der Waals surface area contributed by atoms with Crippen molar-refractivity contribution in [1.29, 1.82) is 0 Å². The first-order chi connectivity index (χ1) is 7.08. The molecule has 4 heteroatoms. The van der Waals surface area contributed by atoms with Gasteiger partial charge in [-0.1, -0.05) is 30.3 Å². The van der Waals surface area contributed by atoms with Crippen molar-refractivity contribution >= 4 is 23.3 Å². The molecule has 0 bridgehead atoms. The number of carboxylic acid groups (broad SMARTS) is 1. The van der Waals surface area contributed by atoms with Crippen LogP contribution in [0.2, 0.25) is 0 Å². The van der Waals surface area contributed by atoms with Crippen molar-refractivity contribution in [2.24, 2.45) is 4.99 Å². The lowest BCUT2D eigenvalue weighted by Gasteiger charge is -2.18. The van der Waals surface area contributed by atoms with Gasteiger partial charge in [-0.05, 0) is 24.7 Å². The van der Waals surface area contributed by atoms with Crippen LogP contribution in [-0.4, -0.2) is 21.8 Å². The smallest absolute Gasteiger partial charge is 0.332 e. The third kappa shape index (κ3) is 2.98. The number of rotatable bonds is 4. The van der Waals surface area contributed by atoms with Gasteiger partial charge in [0.1, 0.15) is 0 Å². The van der Waals surface area contributed by atoms with Gasteiger partial charge in [-0.25, -0.2) is 9.79 Å². The fourth-order valence-corrected chi connectivity index (χ4v) is 1.46. The largest absolute Gasteiger partial charge is 0.479 e. The van der Waals surface area contributed by atoms with Gasteiger partial charge in [-0.15, -0.1) is 0 Å². The Bertz CT molecular complexity index is 394. The van der Waals surface area contributed by atoms with E-state index < -0.39 is 11.5 Å². The van der Waals surface area contributed by atoms with Gasteiger partial charge < -0.3 is 5.11 Å². The molecule has 0 aliphatic rings. The number of nitrogens with zero attached hydrogens (tertiary/aromatic N) is 1. The van der Waals surface area contributed by atoms with E-state index in [-0.39, 0.29) is 0 Å². The van der Waals surface area contributed by atoms with Crippen LogP contribution in [-0.2, 0) is 11.2 Å². The highest BCUT2D eigenvalue weighted by molar-refractivity contribution is 7.78. The van der Waals surface area contributed by atoms with Crippen LogP contribution < -0.4 is 0 Å². The Balaban J connectivity index is 2.95. The van der Waals surface area contributed by atoms with Crippen LogP contribution in [0.15, 0.2) is 35.3 Å². The monoisotopic (exact) mass is 221 g/mol. The van der Waals surface area contributed by atoms with E-state index >= 15 is 0 Å². The molecule has 1 N–H and O–H groups in total. The lowest BCUT2D eigenvalue weighted by Crippen LogP contribution is -2.35. The van der Waals surface area contributed by atoms with Crippen LogP contribution in [0.5, 0.6) is 0 Å². The van der Waals surface area contributed by atoms with Crippen molar-refractivity contribution in [2.75, 3.05) is 0 Å². The molecule has 1 aromatic rings. The van der Waals surface area contributed by atoms with Gasteiger partial charge in [-0.2, -0.15) is 0 Å². The Hall–Kier alpha value is -1.51. The Kier molecular flexibility index (Phi) is 3.72. The molecule has 0 saturated carbocycles. The van der Waals surface area contributed by atoms with Gasteiger partial charge in [0.25, 0.3) is 0 Å². The van der Waals surface area contributed by atoms with Gasteiger partial charge in [0.2, 0.25) is 0 Å². The van der Waals surface area contributed by atoms with E-state index in [9.17, 15) is 4.79 Å². The summed E-state index contributed by atoms with van der Waals surface area (Å²) in [6.45, 7) is 1.53. The number of carbonyl (C=O) groups is 1. The normalized spacial score (nSPS) is 13.7. The SMILES string of the molecule is CC(Cc1ccccc1)(N=C=S)C(=O)O. The molecule has 1 aromatic carbocycles. The summed E-state index contributed by atoms with van der Waals surface area (Å²) in [7, 11) is 0. The summed E-state index contributed by atoms with van der Waals surface area (Å²) in [6.07, 6.45) is 0.312. The molecule has 0 fully saturated rings. The van der Waals surface area contributed by atoms with Gasteiger partial charge in [0.05, 0.1) is 5.16 Å². The van der Waals surface area contributed by atoms with Crippen LogP contribution in [0, 0.1) is 0 Å². The molecule has 1 rings (SSSR count). The second kappa shape index (κ2) is 4.82. The highest BCUT2D eigenvalue weighted by Crippen LogP contribution is 2.17. The van der Waals surface area contributed by atoms with E-state index in [0.717, 1.165) is 5.56 Å². The van der Waals surface area contributed by atoms with Crippen LogP contribution in [0.4, 0.5) is 0 Å². The first-order valence-electron chi connectivity index (χ1n) is 4.45. The first-order valence-corrected chi connectivity index (χ1v) is 4.86. The lowest BCUT2D eigenvalue weighted by molar-refractivity contribution is -0.142. The van der Waals surface area contributed by atoms with Crippen molar-refractivity contribution in [3.63, 3.8) is 0 Å². The molecule has 15 heavy (non-hydrogen) atoms. The van der Waals surface area contributed by atoms with Crippen molar-refractivity contribution in [1.82, 2.24) is 0 Å². The Morgan fingerprint density at radius 3 is 2.60 bits per heavy atom. The number of benzene rings is 1. The maximum atomic E-state index is 11.0. The molecule has 1 atom stereocenters. The van der Waals surface area contributed by atoms with Crippen LogP contribution in [0.1, 0.15) is 12.5 Å². The van der Waals surface area contributed by atoms with E-state index in [0.29, 0.717) is 6.42 Å². The number of isothiocyanates is 1. The zero-order valence-corrected chi connectivity index (χ0v) is 9.12. The van der Waals surface area contributed by atoms with Gasteiger partial charge >= 0.3 is 5.97 Å². The Morgan fingerprint density at radius 2 is 2.13 bits per heavy atom. The number of hydrogen-bond donors (Lipinski definition) is 1. The quantitative estimate of drug-likeness (QED) is 0.626. The topological polar surface area (TPSA) is 49.7 Å². The van der Waals surface area contributed by atoms with Gasteiger partial charge in [-0.3, -0.25) is 0 Å². The zero-order valence-electron chi connectivity index (χ0n) is 8.30. The minimum atomic E-state index is -1.22. The molecule has 0 aliphatic carbocycles. The van der Waals surface area contributed by atoms with E-state index in [1.165, 1.54) is 6.92 Å². The Morgan fingerprint density at radius 1 is 1.53 bits per heavy atom. The van der Waals surface area contributed by atoms with E-state index in [1.807, 2.05) is 30.3 Å². The maximum absolute atomic E-state index is 11.0. The molecule has 1 unspecified atom stereocenters. The zero-order chi connectivity index (χ0) is 11.3. The third-order valence-corrected chi connectivity index (χ3v) is 2.24. The molecule has 78 valence electrons. The summed E-state index contributed by atoms with van der Waals surface area (Å²) < 4.78 is 0. The molecule has 3 nitrogen and oxygen atoms in total. The van der Waals surface area contributed by atoms with E-state index in [2.05, 4.69) is 22.4 Å². The number of carboxylic acids is 1. The molecule has 0 amide bonds. The number of aliphatic carboxylic acids is 1. The molecule has 0 saturated heterocycles. The van der Waals surface area contributed by atoms with Crippen LogP contribution >= 0.6 is 12.2 Å². The summed E-state index contributed by atoms with van der Waals surface area (Å²) >= 11 is 4.46. The molecule has 0 aromatic heterocycles. The lowest BCUT2D eigenvalue weighted by atomic mass is 9.94. The molecule has 0 spiro atoms. The molecular weight excluding hydrogens is 210 g/mol.